The van der Waals surface area contributed by atoms with E-state index < -0.39 is 0 Å². The minimum Gasteiger partial charge on any atom is -0.306 e. The van der Waals surface area contributed by atoms with Gasteiger partial charge in [0.25, 0.3) is 0 Å². The highest BCUT2D eigenvalue weighted by Crippen LogP contribution is 2.35. The Morgan fingerprint density at radius 2 is 2.10 bits per heavy atom. The summed E-state index contributed by atoms with van der Waals surface area (Å²) in [6, 6.07) is 10.9. The fourth-order valence-electron chi connectivity index (χ4n) is 3.32. The van der Waals surface area contributed by atoms with Gasteiger partial charge in [0, 0.05) is 11.6 Å². The summed E-state index contributed by atoms with van der Waals surface area (Å²) in [5.74, 6) is 0. The molecule has 1 atom stereocenters. The molecule has 20 heavy (non-hydrogen) atoms. The molecule has 4 rings (SSSR count). The third-order valence-electron chi connectivity index (χ3n) is 4.35. The quantitative estimate of drug-likeness (QED) is 0.842. The molecule has 0 radical (unpaired) electrons. The lowest BCUT2D eigenvalue weighted by Crippen LogP contribution is -2.30. The maximum absolute atomic E-state index is 4.61. The maximum Gasteiger partial charge on any atom is 0.0702 e. The van der Waals surface area contributed by atoms with E-state index >= 15 is 0 Å². The van der Waals surface area contributed by atoms with E-state index in [1.165, 1.54) is 35.8 Å². The third kappa shape index (κ3) is 1.97. The molecule has 0 amide bonds. The minimum absolute atomic E-state index is 0.312. The highest BCUT2D eigenvalue weighted by atomic mass is 14.9. The van der Waals surface area contributed by atoms with Crippen LogP contribution in [0, 0.1) is 0 Å². The number of pyridine rings is 1. The first-order chi connectivity index (χ1) is 9.92. The zero-order chi connectivity index (χ0) is 13.4. The van der Waals surface area contributed by atoms with E-state index in [-0.39, 0.29) is 0 Å². The van der Waals surface area contributed by atoms with Crippen LogP contribution in [0.15, 0.2) is 59.8 Å². The molecule has 2 heteroatoms. The largest absolute Gasteiger partial charge is 0.306 e. The van der Waals surface area contributed by atoms with Crippen molar-refractivity contribution in [1.29, 1.82) is 0 Å². The molecule has 2 aromatic rings. The Labute approximate surface area is 119 Å². The van der Waals surface area contributed by atoms with Crippen LogP contribution in [0.5, 0.6) is 0 Å². The summed E-state index contributed by atoms with van der Waals surface area (Å²) in [5, 5.41) is 4.87. The molecule has 0 fully saturated rings. The summed E-state index contributed by atoms with van der Waals surface area (Å²) in [4.78, 5) is 4.61. The van der Waals surface area contributed by atoms with Crippen molar-refractivity contribution in [3.05, 3.63) is 65.4 Å². The predicted octanol–water partition coefficient (Wildman–Crippen LogP) is 3.92. The normalized spacial score (nSPS) is 22.1. The van der Waals surface area contributed by atoms with Crippen LogP contribution in [0.2, 0.25) is 0 Å². The first kappa shape index (κ1) is 11.9. The standard InChI is InChI=1S/C18H18N2/c1-3-7-16-13(5-1)9-10-19-18(16)15-11-14-6-2-4-8-17(14)20-12-15/h2-4,6-8,11-12,18-19H,1,5,9-10H2. The molecule has 2 nitrogen and oxygen atoms in total. The van der Waals surface area contributed by atoms with E-state index in [1.54, 1.807) is 5.57 Å². The van der Waals surface area contributed by atoms with Crippen LogP contribution in [0.25, 0.3) is 10.9 Å². The second-order valence-electron chi connectivity index (χ2n) is 5.60. The van der Waals surface area contributed by atoms with Crippen molar-refractivity contribution in [2.24, 2.45) is 0 Å². The van der Waals surface area contributed by atoms with E-state index in [0.717, 1.165) is 12.1 Å². The molecule has 0 saturated heterocycles. The number of nitrogens with zero attached hydrogens (tertiary/aromatic N) is 1. The lowest BCUT2D eigenvalue weighted by molar-refractivity contribution is 0.549. The zero-order valence-corrected chi connectivity index (χ0v) is 11.5. The van der Waals surface area contributed by atoms with Crippen LogP contribution in [-0.4, -0.2) is 11.5 Å². The van der Waals surface area contributed by atoms with Gasteiger partial charge >= 0.3 is 0 Å². The fraction of sp³-hybridized carbons (Fsp3) is 0.278. The fourth-order valence-corrected chi connectivity index (χ4v) is 3.32. The predicted molar refractivity (Wildman–Crippen MR) is 82.5 cm³/mol. The first-order valence-electron chi connectivity index (χ1n) is 7.38. The molecule has 0 spiro atoms. The number of allylic oxidation sites excluding steroid dienone is 1. The average Bonchev–Trinajstić information content (AvgIpc) is 2.54. The highest BCUT2D eigenvalue weighted by molar-refractivity contribution is 5.79. The first-order valence-corrected chi connectivity index (χ1v) is 7.38. The zero-order valence-electron chi connectivity index (χ0n) is 11.5. The van der Waals surface area contributed by atoms with Crippen molar-refractivity contribution in [2.45, 2.75) is 25.3 Å². The van der Waals surface area contributed by atoms with E-state index in [1.807, 2.05) is 12.3 Å². The molecule has 100 valence electrons. The van der Waals surface area contributed by atoms with Crippen LogP contribution >= 0.6 is 0 Å². The Kier molecular flexibility index (Phi) is 2.89. The summed E-state index contributed by atoms with van der Waals surface area (Å²) in [7, 11) is 0. The van der Waals surface area contributed by atoms with Crippen molar-refractivity contribution < 1.29 is 0 Å². The van der Waals surface area contributed by atoms with Crippen LogP contribution in [-0.2, 0) is 0 Å². The Balaban J connectivity index is 1.80. The molecule has 0 bridgehead atoms. The Bertz CT molecular complexity index is 712. The van der Waals surface area contributed by atoms with Gasteiger partial charge in [-0.25, -0.2) is 0 Å². The topological polar surface area (TPSA) is 24.9 Å². The molecule has 2 aliphatic rings. The monoisotopic (exact) mass is 262 g/mol. The number of benzene rings is 1. The highest BCUT2D eigenvalue weighted by Gasteiger charge is 2.23. The van der Waals surface area contributed by atoms with Crippen molar-refractivity contribution >= 4 is 10.9 Å². The molecule has 1 aromatic heterocycles. The van der Waals surface area contributed by atoms with Gasteiger partial charge in [0.15, 0.2) is 0 Å². The van der Waals surface area contributed by atoms with E-state index in [4.69, 9.17) is 0 Å². The van der Waals surface area contributed by atoms with Crippen molar-refractivity contribution in [3.8, 4) is 0 Å². The Hall–Kier alpha value is -1.93. The summed E-state index contributed by atoms with van der Waals surface area (Å²) < 4.78 is 0. The lowest BCUT2D eigenvalue weighted by atomic mass is 9.85. The minimum atomic E-state index is 0.312. The Morgan fingerprint density at radius 3 is 3.10 bits per heavy atom. The number of hydrogen-bond donors (Lipinski definition) is 1. The van der Waals surface area contributed by atoms with Gasteiger partial charge in [-0.2, -0.15) is 0 Å². The van der Waals surface area contributed by atoms with Gasteiger partial charge in [0.1, 0.15) is 0 Å². The summed E-state index contributed by atoms with van der Waals surface area (Å²) in [6.45, 7) is 1.07. The smallest absolute Gasteiger partial charge is 0.0702 e. The van der Waals surface area contributed by atoms with Crippen molar-refractivity contribution in [3.63, 3.8) is 0 Å². The maximum atomic E-state index is 4.61. The molecule has 2 heterocycles. The van der Waals surface area contributed by atoms with E-state index in [9.17, 15) is 0 Å². The van der Waals surface area contributed by atoms with Gasteiger partial charge in [-0.3, -0.25) is 4.98 Å². The van der Waals surface area contributed by atoms with Crippen LogP contribution in [0.4, 0.5) is 0 Å². The van der Waals surface area contributed by atoms with Crippen LogP contribution in [0.1, 0.15) is 30.9 Å². The second kappa shape index (κ2) is 4.88. The number of para-hydroxylation sites is 1. The van der Waals surface area contributed by atoms with E-state index in [0.29, 0.717) is 6.04 Å². The molecule has 1 aromatic carbocycles. The van der Waals surface area contributed by atoms with Gasteiger partial charge in [0.2, 0.25) is 0 Å². The molecule has 1 unspecified atom stereocenters. The number of nitrogens with one attached hydrogen (secondary N) is 1. The van der Waals surface area contributed by atoms with Crippen molar-refractivity contribution in [1.82, 2.24) is 10.3 Å². The molecule has 0 saturated carbocycles. The molecular weight excluding hydrogens is 244 g/mol. The van der Waals surface area contributed by atoms with Crippen LogP contribution in [0.3, 0.4) is 0 Å². The number of rotatable bonds is 1. The summed E-state index contributed by atoms with van der Waals surface area (Å²) in [5.41, 5.74) is 5.45. The molecule has 1 aliphatic carbocycles. The Morgan fingerprint density at radius 1 is 1.15 bits per heavy atom. The molecule has 1 N–H and O–H groups in total. The average molecular weight is 262 g/mol. The number of fused-ring (bicyclic) bond motifs is 1. The SMILES string of the molecule is C1=CC2=C(CC1)CCNC2c1cnc2ccccc2c1. The number of hydrogen-bond acceptors (Lipinski definition) is 2. The van der Waals surface area contributed by atoms with Gasteiger partial charge < -0.3 is 5.32 Å². The van der Waals surface area contributed by atoms with Gasteiger partial charge in [-0.05, 0) is 49.1 Å². The van der Waals surface area contributed by atoms with Gasteiger partial charge in [0.05, 0.1) is 11.6 Å². The molecule has 1 aliphatic heterocycles. The van der Waals surface area contributed by atoms with E-state index in [2.05, 4.69) is 46.7 Å². The summed E-state index contributed by atoms with van der Waals surface area (Å²) in [6.07, 6.45) is 10.3. The van der Waals surface area contributed by atoms with Gasteiger partial charge in [-0.15, -0.1) is 0 Å². The second-order valence-corrected chi connectivity index (χ2v) is 5.60. The lowest BCUT2D eigenvalue weighted by Gasteiger charge is -2.30. The third-order valence-corrected chi connectivity index (χ3v) is 4.35. The van der Waals surface area contributed by atoms with Crippen molar-refractivity contribution in [2.75, 3.05) is 6.54 Å². The van der Waals surface area contributed by atoms with Gasteiger partial charge in [-0.1, -0.05) is 35.9 Å². The number of aromatic nitrogens is 1. The summed E-state index contributed by atoms with van der Waals surface area (Å²) >= 11 is 0. The van der Waals surface area contributed by atoms with Crippen LogP contribution < -0.4 is 5.32 Å². The molecular formula is C18H18N2.